The van der Waals surface area contributed by atoms with E-state index in [9.17, 15) is 39.6 Å². The number of phenols is 3. The predicted octanol–water partition coefficient (Wildman–Crippen LogP) is 4.33. The van der Waals surface area contributed by atoms with E-state index in [2.05, 4.69) is 36.5 Å². The molecule has 0 saturated carbocycles. The molecule has 22 heteroatoms. The van der Waals surface area contributed by atoms with E-state index in [-0.39, 0.29) is 47.3 Å². The third-order valence-electron chi connectivity index (χ3n) is 16.3. The van der Waals surface area contributed by atoms with Gasteiger partial charge in [-0.2, -0.15) is 0 Å². The number of aliphatic hydroxyl groups excluding tert-OH is 1. The second-order valence-corrected chi connectivity index (χ2v) is 21.8. The minimum atomic E-state index is -0.695. The Morgan fingerprint density at radius 2 is 0.976 bits per heavy atom. The van der Waals surface area contributed by atoms with Gasteiger partial charge in [0.05, 0.1) is 82.4 Å². The zero-order chi connectivity index (χ0) is 58.8. The molecular formula is C62H82N10O12. The highest BCUT2D eigenvalue weighted by atomic mass is 16.5. The number of likely N-dealkylation sites (N-methyl/N-ethyl adjacent to an activating group) is 1. The number of morpholine rings is 4. The van der Waals surface area contributed by atoms with E-state index in [0.29, 0.717) is 94.0 Å². The van der Waals surface area contributed by atoms with E-state index in [4.69, 9.17) is 18.9 Å². The normalized spacial score (nSPS) is 20.6. The predicted molar refractivity (Wildman–Crippen MR) is 317 cm³/mol. The summed E-state index contributed by atoms with van der Waals surface area (Å²) in [6, 6.07) is 25.4. The van der Waals surface area contributed by atoms with E-state index >= 15 is 0 Å². The first-order chi connectivity index (χ1) is 40.9. The van der Waals surface area contributed by atoms with Crippen LogP contribution in [0.15, 0.2) is 104 Å². The van der Waals surface area contributed by atoms with Gasteiger partial charge in [-0.15, -0.1) is 0 Å². The molecule has 0 spiro atoms. The van der Waals surface area contributed by atoms with Crippen molar-refractivity contribution >= 4 is 40.6 Å². The molecule has 1 aromatic heterocycles. The Balaban J connectivity index is 0.000000134. The number of amides is 3. The first-order valence-corrected chi connectivity index (χ1v) is 29.5. The average molecular weight is 1160 g/mol. The molecule has 2 unspecified atom stereocenters. The van der Waals surface area contributed by atoms with Gasteiger partial charge in [0.2, 0.25) is 0 Å². The lowest BCUT2D eigenvalue weighted by Crippen LogP contribution is -2.54. The molecule has 7 saturated heterocycles. The molecule has 5 aromatic rings. The third kappa shape index (κ3) is 16.5. The van der Waals surface area contributed by atoms with Gasteiger partial charge in [0.25, 0.3) is 17.7 Å². The molecule has 3 amide bonds. The van der Waals surface area contributed by atoms with Crippen LogP contribution in [-0.4, -0.2) is 248 Å². The van der Waals surface area contributed by atoms with E-state index in [1.54, 1.807) is 76.7 Å². The van der Waals surface area contributed by atoms with Gasteiger partial charge in [-0.25, -0.2) is 4.98 Å². The molecule has 7 aliphatic rings. The number of ether oxygens (including phenoxy) is 4. The first-order valence-electron chi connectivity index (χ1n) is 29.5. The Morgan fingerprint density at radius 1 is 0.524 bits per heavy atom. The zero-order valence-electron chi connectivity index (χ0n) is 48.3. The number of aromatic nitrogens is 2. The number of benzene rings is 4. The quantitative estimate of drug-likeness (QED) is 0.143. The Hall–Kier alpha value is -7.31. The number of likely N-dealkylation sites (tertiary alicyclic amines) is 2. The minimum absolute atomic E-state index is 0.0177. The van der Waals surface area contributed by atoms with Gasteiger partial charge < -0.3 is 78.2 Å². The summed E-state index contributed by atoms with van der Waals surface area (Å²) in [5, 5.41) is 40.9. The van der Waals surface area contributed by atoms with E-state index < -0.39 is 6.23 Å². The Bertz CT molecular complexity index is 2900. The largest absolute Gasteiger partial charge is 0.507 e. The smallest absolute Gasteiger partial charge is 0.257 e. The van der Waals surface area contributed by atoms with Crippen molar-refractivity contribution < 1.29 is 58.6 Å². The maximum atomic E-state index is 12.5. The highest BCUT2D eigenvalue weighted by Gasteiger charge is 2.34. The summed E-state index contributed by atoms with van der Waals surface area (Å²) in [6.07, 6.45) is 7.87. The van der Waals surface area contributed by atoms with Crippen LogP contribution in [-0.2, 0) is 25.5 Å². The molecule has 7 aliphatic heterocycles. The van der Waals surface area contributed by atoms with E-state index in [0.717, 1.165) is 128 Å². The van der Waals surface area contributed by atoms with Crippen LogP contribution < -0.4 is 14.7 Å². The number of rotatable bonds is 10. The lowest BCUT2D eigenvalue weighted by atomic mass is 10.00. The summed E-state index contributed by atoms with van der Waals surface area (Å²) < 4.78 is 23.0. The van der Waals surface area contributed by atoms with Crippen LogP contribution in [0.25, 0.3) is 0 Å². The number of ketones is 1. The molecule has 452 valence electrons. The summed E-state index contributed by atoms with van der Waals surface area (Å²) in [7, 11) is 2.05. The van der Waals surface area contributed by atoms with Crippen molar-refractivity contribution in [2.24, 2.45) is 0 Å². The fourth-order valence-corrected chi connectivity index (χ4v) is 11.3. The summed E-state index contributed by atoms with van der Waals surface area (Å²) in [5.41, 5.74) is 4.57. The number of aromatic hydroxyl groups is 3. The van der Waals surface area contributed by atoms with Crippen LogP contribution in [0.3, 0.4) is 0 Å². The maximum absolute atomic E-state index is 12.5. The van der Waals surface area contributed by atoms with Crippen molar-refractivity contribution in [2.45, 2.75) is 44.5 Å². The molecule has 4 N–H and O–H groups in total. The molecule has 84 heavy (non-hydrogen) atoms. The van der Waals surface area contributed by atoms with Crippen LogP contribution in [0.4, 0.5) is 17.1 Å². The minimum Gasteiger partial charge on any atom is -0.507 e. The monoisotopic (exact) mass is 1160 g/mol. The highest BCUT2D eigenvalue weighted by molar-refractivity contribution is 5.99. The standard InChI is InChI=1S/C16H23N3O3.C16H22N2O3.C15H17N3O3.C15H20N2O3/c1-17-4-6-19(7-5-17)16(21)14-3-2-13(12-15(14)20)18-8-10-22-11-9-18;19-15-12-14(17-8-10-21-11-9-17)6-7-18(15)16(20)13-4-2-1-3-5-13;19-14-9-12(18-5-7-21-8-6-18)1-2-13(14)15(20)10-17-4-3-16-11-17;18-14-11-12(16-7-9-20-10-8-16)3-4-13(14)15(19)17-5-1-2-6-17/h2-3,12,20H,4-11H2,1H3;1-5,14-15,19H,6-12H2;1-4,9,11,19H,5-8,10H2;3-4,11,18H,1-2,5-10H2. The molecular weight excluding hydrogens is 1080 g/mol. The van der Waals surface area contributed by atoms with Crippen molar-refractivity contribution in [3.8, 4) is 17.2 Å². The molecule has 0 bridgehead atoms. The lowest BCUT2D eigenvalue weighted by Gasteiger charge is -2.42. The fourth-order valence-electron chi connectivity index (χ4n) is 11.3. The Kier molecular flexibility index (Phi) is 22.2. The number of hydrogen-bond donors (Lipinski definition) is 4. The first kappa shape index (κ1) is 61.3. The third-order valence-corrected chi connectivity index (χ3v) is 16.3. The van der Waals surface area contributed by atoms with Crippen molar-refractivity contribution in [2.75, 3.05) is 173 Å². The van der Waals surface area contributed by atoms with Gasteiger partial charge in [-0.05, 0) is 74.8 Å². The van der Waals surface area contributed by atoms with Crippen molar-refractivity contribution in [3.05, 3.63) is 126 Å². The number of carbonyl (C=O) groups is 4. The van der Waals surface area contributed by atoms with Gasteiger partial charge >= 0.3 is 0 Å². The topological polar surface area (TPSA) is 230 Å². The summed E-state index contributed by atoms with van der Waals surface area (Å²) >= 11 is 0. The number of carbonyl (C=O) groups excluding carboxylic acids is 4. The summed E-state index contributed by atoms with van der Waals surface area (Å²) in [6.45, 7) is 17.9. The molecule has 22 nitrogen and oxygen atoms in total. The van der Waals surface area contributed by atoms with Crippen molar-refractivity contribution in [3.63, 3.8) is 0 Å². The highest BCUT2D eigenvalue weighted by Crippen LogP contribution is 2.30. The van der Waals surface area contributed by atoms with Crippen molar-refractivity contribution in [1.82, 2.24) is 34.1 Å². The molecule has 7 fully saturated rings. The van der Waals surface area contributed by atoms with Crippen LogP contribution in [0.2, 0.25) is 0 Å². The summed E-state index contributed by atoms with van der Waals surface area (Å²) in [4.78, 5) is 69.5. The molecule has 2 atom stereocenters. The molecule has 4 aromatic carbocycles. The Labute approximate surface area is 491 Å². The second-order valence-electron chi connectivity index (χ2n) is 21.8. The van der Waals surface area contributed by atoms with Gasteiger partial charge in [0.15, 0.2) is 5.78 Å². The van der Waals surface area contributed by atoms with Crippen LogP contribution >= 0.6 is 0 Å². The fraction of sp³-hybridized carbons (Fsp3) is 0.500. The van der Waals surface area contributed by atoms with Gasteiger partial charge in [-0.3, -0.25) is 24.1 Å². The van der Waals surface area contributed by atoms with Gasteiger partial charge in [0.1, 0.15) is 23.5 Å². The Morgan fingerprint density at radius 3 is 1.42 bits per heavy atom. The number of imidazole rings is 1. The average Bonchev–Trinajstić information content (AvgIpc) is 4.41. The number of piperidine rings is 1. The zero-order valence-corrected chi connectivity index (χ0v) is 48.3. The number of piperazine rings is 1. The number of nitrogens with zero attached hydrogens (tertiary/aromatic N) is 10. The van der Waals surface area contributed by atoms with Gasteiger partial charge in [0, 0.05) is 164 Å². The van der Waals surface area contributed by atoms with Gasteiger partial charge in [-0.1, -0.05) is 18.2 Å². The maximum Gasteiger partial charge on any atom is 0.257 e. The molecule has 0 aliphatic carbocycles. The van der Waals surface area contributed by atoms with Crippen LogP contribution in [0.5, 0.6) is 17.2 Å². The van der Waals surface area contributed by atoms with Crippen LogP contribution in [0, 0.1) is 0 Å². The molecule has 8 heterocycles. The number of anilines is 3. The number of hydrogen-bond acceptors (Lipinski definition) is 18. The second kappa shape index (κ2) is 30.5. The van der Waals surface area contributed by atoms with E-state index in [1.165, 1.54) is 0 Å². The van der Waals surface area contributed by atoms with E-state index in [1.807, 2.05) is 46.2 Å². The van der Waals surface area contributed by atoms with Crippen LogP contribution in [0.1, 0.15) is 67.1 Å². The molecule has 0 radical (unpaired) electrons. The number of Topliss-reactive ketones (excluding diaryl/α,β-unsaturated/α-hetero) is 1. The SMILES string of the molecule is CN1CCN(C(=O)c2ccc(N3CCOCC3)cc2O)CC1.O=C(Cn1ccnc1)c1ccc(N2CCOCC2)cc1O.O=C(c1ccc(N2CCOCC2)cc1O)N1CCCC1.O=C(c1ccccc1)N1CCC(N2CCOCC2)CC1O. The number of phenolic OH excluding ortho intramolecular Hbond substituents is 3. The summed E-state index contributed by atoms with van der Waals surface area (Å²) in [5.74, 6) is -0.210. The lowest BCUT2D eigenvalue weighted by molar-refractivity contribution is -0.0572. The molecule has 12 rings (SSSR count). The van der Waals surface area contributed by atoms with Crippen molar-refractivity contribution in [1.29, 1.82) is 0 Å². The number of aliphatic hydroxyl groups is 1.